The third-order valence-electron chi connectivity index (χ3n) is 6.48. The van der Waals surface area contributed by atoms with Gasteiger partial charge >= 0.3 is 0 Å². The van der Waals surface area contributed by atoms with Crippen molar-refractivity contribution in [2.24, 2.45) is 11.8 Å². The molecule has 0 heterocycles. The van der Waals surface area contributed by atoms with E-state index in [0.717, 1.165) is 0 Å². The van der Waals surface area contributed by atoms with Crippen molar-refractivity contribution in [1.82, 2.24) is 0 Å². The first-order valence-corrected chi connectivity index (χ1v) is 9.01. The van der Waals surface area contributed by atoms with Crippen molar-refractivity contribution in [2.45, 2.75) is 37.9 Å². The summed E-state index contributed by atoms with van der Waals surface area (Å²) in [5.41, 5.74) is -2.17. The van der Waals surface area contributed by atoms with Crippen LogP contribution in [0.25, 0.3) is 0 Å². The molecule has 7 nitrogen and oxygen atoms in total. The number of Topliss-reactive ketones (excluding diaryl/α,β-unsaturated/α-hetero) is 2. The molecule has 1 aromatic rings. The van der Waals surface area contributed by atoms with Gasteiger partial charge in [0.1, 0.15) is 17.6 Å². The summed E-state index contributed by atoms with van der Waals surface area (Å²) in [6.07, 6.45) is -1.27. The molecular formula is C21H19NO6. The number of fused-ring (bicyclic) bond motifs is 3. The van der Waals surface area contributed by atoms with Crippen LogP contribution in [0.4, 0.5) is 0 Å². The molecule has 3 aliphatic carbocycles. The van der Waals surface area contributed by atoms with Gasteiger partial charge in [-0.2, -0.15) is 5.26 Å². The van der Waals surface area contributed by atoms with E-state index in [0.29, 0.717) is 11.1 Å². The molecule has 7 heteroatoms. The van der Waals surface area contributed by atoms with E-state index in [2.05, 4.69) is 0 Å². The molecule has 4 N–H and O–H groups in total. The second-order valence-electron chi connectivity index (χ2n) is 7.81. The molecule has 0 fully saturated rings. The van der Waals surface area contributed by atoms with E-state index in [1.165, 1.54) is 6.07 Å². The van der Waals surface area contributed by atoms with Gasteiger partial charge < -0.3 is 20.4 Å². The Morgan fingerprint density at radius 1 is 1.25 bits per heavy atom. The maximum atomic E-state index is 13.1. The van der Waals surface area contributed by atoms with Crippen LogP contribution in [0.5, 0.6) is 5.75 Å². The van der Waals surface area contributed by atoms with Gasteiger partial charge in [0.2, 0.25) is 5.78 Å². The highest BCUT2D eigenvalue weighted by Gasteiger charge is 2.62. The SMILES string of the molecule is CC1=C(C#N)C(=O)[C@]2(O)C(O)=C3C(=O)c4c(O)cccc4[C@@H](C)[C@@H]3[C@@H](O)[C@@H]2C1. The van der Waals surface area contributed by atoms with Gasteiger partial charge in [-0.05, 0) is 30.9 Å². The second-order valence-corrected chi connectivity index (χ2v) is 7.81. The Kier molecular flexibility index (Phi) is 3.80. The van der Waals surface area contributed by atoms with Crippen molar-refractivity contribution in [3.8, 4) is 11.8 Å². The zero-order valence-corrected chi connectivity index (χ0v) is 15.3. The molecule has 0 unspecified atom stereocenters. The zero-order valence-electron chi connectivity index (χ0n) is 15.3. The molecule has 0 aliphatic heterocycles. The van der Waals surface area contributed by atoms with Crippen LogP contribution in [0.3, 0.4) is 0 Å². The third-order valence-corrected chi connectivity index (χ3v) is 6.48. The average Bonchev–Trinajstić information content (AvgIpc) is 2.65. The Labute approximate surface area is 160 Å². The highest BCUT2D eigenvalue weighted by atomic mass is 16.4. The summed E-state index contributed by atoms with van der Waals surface area (Å²) in [7, 11) is 0. The van der Waals surface area contributed by atoms with Crippen molar-refractivity contribution in [3.63, 3.8) is 0 Å². The molecule has 0 saturated heterocycles. The molecule has 0 aromatic heterocycles. The van der Waals surface area contributed by atoms with Crippen LogP contribution in [-0.2, 0) is 4.79 Å². The number of hydrogen-bond acceptors (Lipinski definition) is 7. The number of phenolic OH excluding ortho intramolecular Hbond substituents is 1. The number of carbonyl (C=O) groups is 2. The maximum absolute atomic E-state index is 13.1. The number of rotatable bonds is 0. The minimum atomic E-state index is -2.55. The fourth-order valence-corrected chi connectivity index (χ4v) is 5.03. The number of allylic oxidation sites excluding steroid dienone is 1. The van der Waals surface area contributed by atoms with Crippen LogP contribution < -0.4 is 0 Å². The molecule has 0 radical (unpaired) electrons. The van der Waals surface area contributed by atoms with Gasteiger partial charge in [-0.3, -0.25) is 9.59 Å². The van der Waals surface area contributed by atoms with Crippen molar-refractivity contribution in [2.75, 3.05) is 0 Å². The number of nitrogens with zero attached hydrogens (tertiary/aromatic N) is 1. The molecule has 144 valence electrons. The number of phenols is 1. The van der Waals surface area contributed by atoms with Gasteiger partial charge in [0.25, 0.3) is 0 Å². The summed E-state index contributed by atoms with van der Waals surface area (Å²) in [6, 6.07) is 6.34. The smallest absolute Gasteiger partial charge is 0.212 e. The van der Waals surface area contributed by atoms with Gasteiger partial charge in [-0.1, -0.05) is 24.6 Å². The van der Waals surface area contributed by atoms with Crippen molar-refractivity contribution in [3.05, 3.63) is 51.8 Å². The first kappa shape index (κ1) is 18.4. The molecular weight excluding hydrogens is 362 g/mol. The fraction of sp³-hybridized carbons (Fsp3) is 0.381. The van der Waals surface area contributed by atoms with Crippen LogP contribution >= 0.6 is 0 Å². The number of aromatic hydroxyl groups is 1. The number of hydrogen-bond donors (Lipinski definition) is 4. The summed E-state index contributed by atoms with van der Waals surface area (Å²) in [5, 5.41) is 52.6. The monoisotopic (exact) mass is 381 g/mol. The second kappa shape index (κ2) is 5.77. The lowest BCUT2D eigenvalue weighted by Crippen LogP contribution is -2.61. The summed E-state index contributed by atoms with van der Waals surface area (Å²) < 4.78 is 0. The highest BCUT2D eigenvalue weighted by Crippen LogP contribution is 2.54. The molecule has 0 amide bonds. The minimum absolute atomic E-state index is 0.0162. The van der Waals surface area contributed by atoms with E-state index in [9.17, 15) is 35.3 Å². The Hall–Kier alpha value is -2.95. The number of aliphatic hydroxyl groups is 3. The van der Waals surface area contributed by atoms with E-state index in [1.807, 2.05) is 0 Å². The maximum Gasteiger partial charge on any atom is 0.212 e. The molecule has 4 rings (SSSR count). The first-order valence-electron chi connectivity index (χ1n) is 9.01. The Balaban J connectivity index is 2.01. The van der Waals surface area contributed by atoms with Gasteiger partial charge in [-0.25, -0.2) is 0 Å². The van der Waals surface area contributed by atoms with Crippen LogP contribution in [0.2, 0.25) is 0 Å². The summed E-state index contributed by atoms with van der Waals surface area (Å²) >= 11 is 0. The molecule has 3 aliphatic rings. The van der Waals surface area contributed by atoms with E-state index in [4.69, 9.17) is 0 Å². The Morgan fingerprint density at radius 2 is 1.93 bits per heavy atom. The van der Waals surface area contributed by atoms with Crippen LogP contribution in [-0.4, -0.2) is 43.7 Å². The Bertz CT molecular complexity index is 1050. The van der Waals surface area contributed by atoms with Gasteiger partial charge in [0.15, 0.2) is 11.4 Å². The number of aliphatic hydroxyl groups excluding tert-OH is 2. The minimum Gasteiger partial charge on any atom is -0.508 e. The van der Waals surface area contributed by atoms with Crippen LogP contribution in [0.1, 0.15) is 42.1 Å². The molecule has 0 spiro atoms. The summed E-state index contributed by atoms with van der Waals surface area (Å²) in [5.74, 6) is -5.25. The van der Waals surface area contributed by atoms with Gasteiger partial charge in [-0.15, -0.1) is 0 Å². The van der Waals surface area contributed by atoms with Crippen molar-refractivity contribution < 1.29 is 30.0 Å². The molecule has 0 bridgehead atoms. The van der Waals surface area contributed by atoms with Gasteiger partial charge in [0.05, 0.1) is 17.2 Å². The predicted molar refractivity (Wildman–Crippen MR) is 96.4 cm³/mol. The standard InChI is InChI=1S/C21H19NO6/c1-8-6-12-17(24)14-9(2)10-4-3-5-13(23)15(10)18(25)16(14)20(27)21(12,28)19(26)11(8)7-22/h3-5,9,12,14,17,23-24,27-28H,6H2,1-2H3/t9-,12+,14+,17+,21+/m1/s1. The lowest BCUT2D eigenvalue weighted by molar-refractivity contribution is -0.151. The number of nitriles is 1. The number of ketones is 2. The fourth-order valence-electron chi connectivity index (χ4n) is 5.03. The molecule has 5 atom stereocenters. The zero-order chi connectivity index (χ0) is 20.5. The topological polar surface area (TPSA) is 139 Å². The van der Waals surface area contributed by atoms with E-state index < -0.39 is 46.8 Å². The van der Waals surface area contributed by atoms with E-state index in [1.54, 1.807) is 32.0 Å². The number of carbonyl (C=O) groups excluding carboxylic acids is 2. The molecule has 28 heavy (non-hydrogen) atoms. The van der Waals surface area contributed by atoms with E-state index >= 15 is 0 Å². The average molecular weight is 381 g/mol. The lowest BCUT2D eigenvalue weighted by atomic mass is 9.56. The van der Waals surface area contributed by atoms with Crippen LogP contribution in [0, 0.1) is 23.2 Å². The predicted octanol–water partition coefficient (Wildman–Crippen LogP) is 1.65. The first-order chi connectivity index (χ1) is 13.2. The molecule has 0 saturated carbocycles. The van der Waals surface area contributed by atoms with Crippen LogP contribution in [0.15, 0.2) is 40.7 Å². The lowest BCUT2D eigenvalue weighted by Gasteiger charge is -2.50. The quantitative estimate of drug-likeness (QED) is 0.536. The summed E-state index contributed by atoms with van der Waals surface area (Å²) in [4.78, 5) is 26.0. The van der Waals surface area contributed by atoms with Gasteiger partial charge in [0, 0.05) is 17.4 Å². The van der Waals surface area contributed by atoms with Crippen molar-refractivity contribution in [1.29, 1.82) is 5.26 Å². The summed E-state index contributed by atoms with van der Waals surface area (Å²) in [6.45, 7) is 3.33. The number of benzene rings is 1. The van der Waals surface area contributed by atoms with E-state index in [-0.39, 0.29) is 28.9 Å². The van der Waals surface area contributed by atoms with Crippen molar-refractivity contribution >= 4 is 11.6 Å². The Morgan fingerprint density at radius 3 is 2.57 bits per heavy atom. The molecule has 1 aromatic carbocycles. The largest absolute Gasteiger partial charge is 0.508 e. The normalized spacial score (nSPS) is 34.5. The highest BCUT2D eigenvalue weighted by molar-refractivity contribution is 6.16. The third kappa shape index (κ3) is 1.99.